The van der Waals surface area contributed by atoms with Crippen LogP contribution in [0.3, 0.4) is 0 Å². The lowest BCUT2D eigenvalue weighted by molar-refractivity contribution is -0.115. The number of nitrogens with one attached hydrogen (secondary N) is 1. The van der Waals surface area contributed by atoms with Gasteiger partial charge in [0.25, 0.3) is 0 Å². The molecule has 0 aliphatic carbocycles. The van der Waals surface area contributed by atoms with Gasteiger partial charge in [-0.2, -0.15) is 0 Å². The lowest BCUT2D eigenvalue weighted by atomic mass is 10.2. The number of carbonyl (C=O) groups is 1. The van der Waals surface area contributed by atoms with Crippen LogP contribution in [0, 0.1) is 0 Å². The molecule has 0 radical (unpaired) electrons. The Balaban J connectivity index is 1.66. The zero-order valence-corrected chi connectivity index (χ0v) is 17.8. The Kier molecular flexibility index (Phi) is 6.69. The van der Waals surface area contributed by atoms with Crippen LogP contribution < -0.4 is 5.32 Å². The number of aromatic nitrogens is 2. The van der Waals surface area contributed by atoms with Gasteiger partial charge < -0.3 is 0 Å². The summed E-state index contributed by atoms with van der Waals surface area (Å²) in [6, 6.07) is 15.3. The average molecular weight is 469 g/mol. The first-order valence-corrected chi connectivity index (χ1v) is 10.7. The maximum Gasteiger partial charge on any atom is 0.239 e. The number of benzene rings is 2. The molecule has 3 aromatic rings. The second-order valence-electron chi connectivity index (χ2n) is 5.38. The summed E-state index contributed by atoms with van der Waals surface area (Å²) < 4.78 is 1.00. The van der Waals surface area contributed by atoms with Crippen molar-refractivity contribution in [2.45, 2.75) is 23.5 Å². The monoisotopic (exact) mass is 467 g/mol. The van der Waals surface area contributed by atoms with E-state index in [-0.39, 0.29) is 11.2 Å². The second-order valence-corrected chi connectivity index (χ2v) is 8.98. The molecule has 1 atom stereocenters. The number of rotatable bonds is 6. The molecule has 8 heteroatoms. The number of anilines is 1. The number of thioether (sulfide) groups is 1. The molecule has 1 amide bonds. The molecule has 134 valence electrons. The predicted molar refractivity (Wildman–Crippen MR) is 113 cm³/mol. The van der Waals surface area contributed by atoms with Crippen molar-refractivity contribution in [2.24, 2.45) is 0 Å². The minimum Gasteiger partial charge on any atom is -0.300 e. The van der Waals surface area contributed by atoms with E-state index in [1.807, 2.05) is 55.5 Å². The van der Waals surface area contributed by atoms with Crippen molar-refractivity contribution in [3.63, 3.8) is 0 Å². The lowest BCUT2D eigenvalue weighted by Crippen LogP contribution is -2.24. The number of carbonyl (C=O) groups excluding carboxylic acids is 1. The third-order valence-electron chi connectivity index (χ3n) is 3.50. The van der Waals surface area contributed by atoms with Crippen LogP contribution in [-0.4, -0.2) is 21.4 Å². The number of hydrogen-bond acceptors (Lipinski definition) is 5. The third-order valence-corrected chi connectivity index (χ3v) is 6.55. The van der Waals surface area contributed by atoms with Crippen LogP contribution in [0.5, 0.6) is 0 Å². The fourth-order valence-corrected chi connectivity index (χ4v) is 4.27. The van der Waals surface area contributed by atoms with E-state index < -0.39 is 0 Å². The normalized spacial score (nSPS) is 12.0. The summed E-state index contributed by atoms with van der Waals surface area (Å²) >= 11 is 12.2. The van der Waals surface area contributed by atoms with Gasteiger partial charge >= 0.3 is 0 Å². The standard InChI is InChI=1S/C18H15BrClN3OS2/c1-2-15(25-14-9-7-13(20)8-10-14)16(24)21-18-23-22-17(26-18)11-3-5-12(19)6-4-11/h3-10,15H,2H2,1H3,(H,21,23,24). The van der Waals surface area contributed by atoms with E-state index in [4.69, 9.17) is 11.6 Å². The Bertz CT molecular complexity index is 884. The highest BCUT2D eigenvalue weighted by atomic mass is 79.9. The zero-order valence-electron chi connectivity index (χ0n) is 13.8. The fraction of sp³-hybridized carbons (Fsp3) is 0.167. The molecule has 0 aliphatic heterocycles. The first-order valence-electron chi connectivity index (χ1n) is 7.87. The van der Waals surface area contributed by atoms with E-state index in [0.717, 1.165) is 19.9 Å². The number of nitrogens with zero attached hydrogens (tertiary/aromatic N) is 2. The summed E-state index contributed by atoms with van der Waals surface area (Å²) in [7, 11) is 0. The molecule has 0 fully saturated rings. The van der Waals surface area contributed by atoms with Gasteiger partial charge in [-0.1, -0.05) is 57.9 Å². The van der Waals surface area contributed by atoms with Crippen LogP contribution in [0.2, 0.25) is 5.02 Å². The van der Waals surface area contributed by atoms with Gasteiger partial charge in [0.2, 0.25) is 11.0 Å². The van der Waals surface area contributed by atoms with Gasteiger partial charge in [0, 0.05) is 20.0 Å². The molecule has 0 spiro atoms. The smallest absolute Gasteiger partial charge is 0.239 e. The molecular weight excluding hydrogens is 454 g/mol. The van der Waals surface area contributed by atoms with Gasteiger partial charge in [0.1, 0.15) is 5.01 Å². The van der Waals surface area contributed by atoms with Gasteiger partial charge in [0.15, 0.2) is 0 Å². The highest BCUT2D eigenvalue weighted by Gasteiger charge is 2.20. The second kappa shape index (κ2) is 8.99. The molecule has 2 aromatic carbocycles. The first-order chi connectivity index (χ1) is 12.5. The van der Waals surface area contributed by atoms with E-state index in [1.165, 1.54) is 23.1 Å². The largest absolute Gasteiger partial charge is 0.300 e. The minimum atomic E-state index is -0.212. The average Bonchev–Trinajstić information content (AvgIpc) is 3.10. The Labute approximate surface area is 173 Å². The van der Waals surface area contributed by atoms with Crippen molar-refractivity contribution >= 4 is 61.7 Å². The molecule has 3 rings (SSSR count). The van der Waals surface area contributed by atoms with Gasteiger partial charge in [0.05, 0.1) is 5.25 Å². The molecule has 1 aromatic heterocycles. The van der Waals surface area contributed by atoms with Crippen LogP contribution in [0.15, 0.2) is 57.9 Å². The molecule has 26 heavy (non-hydrogen) atoms. The Morgan fingerprint density at radius 1 is 1.19 bits per heavy atom. The van der Waals surface area contributed by atoms with Crippen molar-refractivity contribution in [2.75, 3.05) is 5.32 Å². The quantitative estimate of drug-likeness (QED) is 0.442. The number of halogens is 2. The lowest BCUT2D eigenvalue weighted by Gasteiger charge is -2.13. The van der Waals surface area contributed by atoms with E-state index >= 15 is 0 Å². The first kappa shape index (κ1) is 19.4. The number of hydrogen-bond donors (Lipinski definition) is 1. The SMILES string of the molecule is CCC(Sc1ccc(Cl)cc1)C(=O)Nc1nnc(-c2ccc(Br)cc2)s1. The summed E-state index contributed by atoms with van der Waals surface area (Å²) in [6.07, 6.45) is 0.706. The maximum absolute atomic E-state index is 12.6. The molecule has 1 N–H and O–H groups in total. The Hall–Kier alpha value is -1.41. The van der Waals surface area contributed by atoms with Gasteiger partial charge in [-0.05, 0) is 42.8 Å². The minimum absolute atomic E-state index is 0.0778. The molecule has 0 saturated carbocycles. The van der Waals surface area contributed by atoms with Crippen LogP contribution in [0.25, 0.3) is 10.6 Å². The predicted octanol–water partition coefficient (Wildman–Crippen LogP) is 6.13. The Morgan fingerprint density at radius 2 is 1.88 bits per heavy atom. The topological polar surface area (TPSA) is 54.9 Å². The van der Waals surface area contributed by atoms with Crippen molar-refractivity contribution in [3.05, 3.63) is 58.0 Å². The third kappa shape index (κ3) is 5.07. The molecule has 4 nitrogen and oxygen atoms in total. The molecule has 0 saturated heterocycles. The van der Waals surface area contributed by atoms with E-state index in [0.29, 0.717) is 16.6 Å². The zero-order chi connectivity index (χ0) is 18.5. The van der Waals surface area contributed by atoms with Gasteiger partial charge in [-0.15, -0.1) is 22.0 Å². The molecule has 0 aliphatic rings. The fourth-order valence-electron chi connectivity index (χ4n) is 2.17. The molecule has 0 bridgehead atoms. The summed E-state index contributed by atoms with van der Waals surface area (Å²) in [5, 5.41) is 12.9. The van der Waals surface area contributed by atoms with Crippen LogP contribution in [-0.2, 0) is 4.79 Å². The van der Waals surface area contributed by atoms with Crippen LogP contribution >= 0.6 is 50.6 Å². The summed E-state index contributed by atoms with van der Waals surface area (Å²) in [5.41, 5.74) is 0.966. The van der Waals surface area contributed by atoms with Crippen LogP contribution in [0.1, 0.15) is 13.3 Å². The van der Waals surface area contributed by atoms with Crippen molar-refractivity contribution in [3.8, 4) is 10.6 Å². The molecular formula is C18H15BrClN3OS2. The highest BCUT2D eigenvalue weighted by Crippen LogP contribution is 2.30. The van der Waals surface area contributed by atoms with Crippen LogP contribution in [0.4, 0.5) is 5.13 Å². The van der Waals surface area contributed by atoms with Crippen molar-refractivity contribution in [1.82, 2.24) is 10.2 Å². The van der Waals surface area contributed by atoms with Gasteiger partial charge in [-0.3, -0.25) is 10.1 Å². The summed E-state index contributed by atoms with van der Waals surface area (Å²) in [4.78, 5) is 13.6. The van der Waals surface area contributed by atoms with E-state index in [1.54, 1.807) is 0 Å². The summed E-state index contributed by atoms with van der Waals surface area (Å²) in [5.74, 6) is -0.0778. The highest BCUT2D eigenvalue weighted by molar-refractivity contribution is 9.10. The maximum atomic E-state index is 12.6. The van der Waals surface area contributed by atoms with Gasteiger partial charge in [-0.25, -0.2) is 0 Å². The molecule has 1 heterocycles. The van der Waals surface area contributed by atoms with Crippen molar-refractivity contribution < 1.29 is 4.79 Å². The van der Waals surface area contributed by atoms with E-state index in [2.05, 4.69) is 31.4 Å². The Morgan fingerprint density at radius 3 is 2.54 bits per heavy atom. The number of amides is 1. The van der Waals surface area contributed by atoms with E-state index in [9.17, 15) is 4.79 Å². The van der Waals surface area contributed by atoms with Crippen molar-refractivity contribution in [1.29, 1.82) is 0 Å². The molecule has 1 unspecified atom stereocenters. The summed E-state index contributed by atoms with van der Waals surface area (Å²) in [6.45, 7) is 1.99.